The van der Waals surface area contributed by atoms with Crippen molar-refractivity contribution < 1.29 is 19.4 Å². The third-order valence-electron chi connectivity index (χ3n) is 4.57. The van der Waals surface area contributed by atoms with Crippen LogP contribution in [0.4, 0.5) is 10.8 Å². The molecule has 0 saturated heterocycles. The van der Waals surface area contributed by atoms with Gasteiger partial charge in [-0.2, -0.15) is 20.3 Å². The molecule has 1 N–H and O–H groups in total. The average Bonchev–Trinajstić information content (AvgIpc) is 3.37. The van der Waals surface area contributed by atoms with Gasteiger partial charge in [-0.3, -0.25) is 4.79 Å². The van der Waals surface area contributed by atoms with Crippen molar-refractivity contribution in [1.29, 1.82) is 0 Å². The van der Waals surface area contributed by atoms with Crippen LogP contribution >= 0.6 is 11.3 Å². The number of hydrazone groups is 1. The third-order valence-corrected chi connectivity index (χ3v) is 5.39. The predicted molar refractivity (Wildman–Crippen MR) is 116 cm³/mol. The fraction of sp³-hybridized carbons (Fsp3) is 0.143. The maximum Gasteiger partial charge on any atom is 0.337 e. The van der Waals surface area contributed by atoms with Gasteiger partial charge in [0.25, 0.3) is 5.91 Å². The van der Waals surface area contributed by atoms with Gasteiger partial charge >= 0.3 is 5.97 Å². The van der Waals surface area contributed by atoms with Gasteiger partial charge in [0.15, 0.2) is 6.04 Å². The van der Waals surface area contributed by atoms with Crippen molar-refractivity contribution in [3.8, 4) is 17.0 Å². The molecule has 0 spiro atoms. The molecule has 2 aromatic carbocycles. The van der Waals surface area contributed by atoms with Gasteiger partial charge in [-0.05, 0) is 43.3 Å². The molecule has 1 unspecified atom stereocenters. The molecule has 1 atom stereocenters. The second kappa shape index (κ2) is 8.44. The lowest BCUT2D eigenvalue weighted by molar-refractivity contribution is -0.117. The second-order valence-electron chi connectivity index (χ2n) is 6.58. The Bertz CT molecular complexity index is 1200. The van der Waals surface area contributed by atoms with Gasteiger partial charge in [0, 0.05) is 10.9 Å². The third kappa shape index (κ3) is 4.05. The lowest BCUT2D eigenvalue weighted by Crippen LogP contribution is -2.29. The molecule has 0 fully saturated rings. The summed E-state index contributed by atoms with van der Waals surface area (Å²) in [6.07, 6.45) is 0. The number of carboxylic acids is 1. The zero-order chi connectivity index (χ0) is 22.0. The number of amides is 1. The lowest BCUT2D eigenvalue weighted by atomic mass is 10.2. The smallest absolute Gasteiger partial charge is 0.337 e. The second-order valence-corrected chi connectivity index (χ2v) is 7.41. The number of nitrogens with zero attached hydrogens (tertiary/aromatic N) is 5. The number of aromatic nitrogens is 1. The minimum atomic E-state index is -1.12. The monoisotopic (exact) mass is 435 g/mol. The van der Waals surface area contributed by atoms with Crippen LogP contribution < -0.4 is 9.75 Å². The topological polar surface area (TPSA) is 117 Å². The average molecular weight is 435 g/mol. The Labute approximate surface area is 181 Å². The Balaban J connectivity index is 1.54. The first-order valence-electron chi connectivity index (χ1n) is 9.20. The number of rotatable bonds is 6. The molecule has 1 aliphatic rings. The Morgan fingerprint density at radius 2 is 1.94 bits per heavy atom. The number of benzene rings is 2. The van der Waals surface area contributed by atoms with Gasteiger partial charge in [-0.1, -0.05) is 12.1 Å². The summed E-state index contributed by atoms with van der Waals surface area (Å²) in [6.45, 7) is 1.67. The molecule has 156 valence electrons. The van der Waals surface area contributed by atoms with Crippen molar-refractivity contribution in [3.05, 3.63) is 59.5 Å². The molecule has 4 rings (SSSR count). The van der Waals surface area contributed by atoms with Gasteiger partial charge in [-0.25, -0.2) is 9.78 Å². The Morgan fingerprint density at radius 3 is 2.65 bits per heavy atom. The molecule has 9 nitrogen and oxygen atoms in total. The minimum absolute atomic E-state index is 0.00667. The highest BCUT2D eigenvalue weighted by atomic mass is 32.1. The molecule has 1 amide bonds. The molecule has 0 saturated carbocycles. The number of carbonyl (C=O) groups is 2. The summed E-state index contributed by atoms with van der Waals surface area (Å²) in [4.78, 5) is 28.7. The van der Waals surface area contributed by atoms with Crippen molar-refractivity contribution in [3.63, 3.8) is 0 Å². The van der Waals surface area contributed by atoms with Crippen molar-refractivity contribution in [1.82, 2.24) is 4.98 Å². The van der Waals surface area contributed by atoms with E-state index in [9.17, 15) is 14.7 Å². The lowest BCUT2D eigenvalue weighted by Gasteiger charge is -2.08. The minimum Gasteiger partial charge on any atom is -0.497 e. The van der Waals surface area contributed by atoms with Crippen LogP contribution in [0.5, 0.6) is 5.75 Å². The van der Waals surface area contributed by atoms with E-state index in [0.29, 0.717) is 16.5 Å². The maximum absolute atomic E-state index is 12.9. The molecule has 3 aromatic rings. The number of hydrogen-bond donors (Lipinski definition) is 1. The van der Waals surface area contributed by atoms with Crippen LogP contribution in [0.1, 0.15) is 17.3 Å². The highest BCUT2D eigenvalue weighted by Crippen LogP contribution is 2.31. The Kier molecular flexibility index (Phi) is 5.54. The fourth-order valence-electron chi connectivity index (χ4n) is 2.94. The zero-order valence-electron chi connectivity index (χ0n) is 16.6. The number of thiazole rings is 1. The van der Waals surface area contributed by atoms with E-state index in [-0.39, 0.29) is 11.3 Å². The van der Waals surface area contributed by atoms with E-state index in [2.05, 4.69) is 20.3 Å². The Morgan fingerprint density at radius 1 is 1.19 bits per heavy atom. The molecule has 31 heavy (non-hydrogen) atoms. The first kappa shape index (κ1) is 20.4. The molecule has 1 aliphatic heterocycles. The first-order chi connectivity index (χ1) is 15.0. The van der Waals surface area contributed by atoms with Gasteiger partial charge in [0.2, 0.25) is 5.13 Å². The molecule has 0 bridgehead atoms. The molecular weight excluding hydrogens is 418 g/mol. The number of methoxy groups -OCH3 is 1. The van der Waals surface area contributed by atoms with Gasteiger partial charge < -0.3 is 9.84 Å². The van der Waals surface area contributed by atoms with E-state index in [1.54, 1.807) is 26.2 Å². The van der Waals surface area contributed by atoms with Crippen molar-refractivity contribution in [2.75, 3.05) is 12.1 Å². The number of ether oxygens (including phenoxy) is 1. The quantitative estimate of drug-likeness (QED) is 0.576. The molecular formula is C21H17N5O4S. The molecule has 10 heteroatoms. The SMILES string of the molecule is COc1ccc(-c2csc(N3N=C(C)C(N=Nc4ccccc4C(=O)O)C3=O)n2)cc1. The highest BCUT2D eigenvalue weighted by Gasteiger charge is 2.36. The summed E-state index contributed by atoms with van der Waals surface area (Å²) in [5.74, 6) is -0.773. The molecule has 1 aromatic heterocycles. The summed E-state index contributed by atoms with van der Waals surface area (Å²) >= 11 is 1.29. The standard InChI is InChI=1S/C21H17N5O4S/c1-12-18(24-23-16-6-4-3-5-15(16)20(28)29)19(27)26(25-12)21-22-17(11-31-21)13-7-9-14(30-2)10-8-13/h3-11,18H,1-2H3,(H,28,29). The Hall–Kier alpha value is -3.92. The molecule has 0 aliphatic carbocycles. The zero-order valence-corrected chi connectivity index (χ0v) is 17.4. The van der Waals surface area contributed by atoms with E-state index in [0.717, 1.165) is 11.3 Å². The summed E-state index contributed by atoms with van der Waals surface area (Å²) in [5, 5.41) is 25.1. The number of carbonyl (C=O) groups excluding carboxylic acids is 1. The first-order valence-corrected chi connectivity index (χ1v) is 10.1. The largest absolute Gasteiger partial charge is 0.497 e. The molecule has 2 heterocycles. The summed E-state index contributed by atoms with van der Waals surface area (Å²) in [7, 11) is 1.60. The number of carboxylic acid groups (broad SMARTS) is 1. The number of aromatic carboxylic acids is 1. The van der Waals surface area contributed by atoms with Crippen molar-refractivity contribution >= 4 is 39.7 Å². The fourth-order valence-corrected chi connectivity index (χ4v) is 3.73. The van der Waals surface area contributed by atoms with Crippen LogP contribution in [0, 0.1) is 0 Å². The van der Waals surface area contributed by atoms with E-state index in [1.807, 2.05) is 29.6 Å². The molecule has 0 radical (unpaired) electrons. The number of azo groups is 1. The van der Waals surface area contributed by atoms with Crippen LogP contribution in [0.3, 0.4) is 0 Å². The van der Waals surface area contributed by atoms with E-state index in [4.69, 9.17) is 4.74 Å². The van der Waals surface area contributed by atoms with Crippen LogP contribution in [-0.4, -0.2) is 40.8 Å². The van der Waals surface area contributed by atoms with Crippen LogP contribution in [0.15, 0.2) is 69.2 Å². The normalized spacial score (nSPS) is 16.1. The van der Waals surface area contributed by atoms with Crippen molar-refractivity contribution in [2.24, 2.45) is 15.3 Å². The van der Waals surface area contributed by atoms with Crippen LogP contribution in [-0.2, 0) is 4.79 Å². The van der Waals surface area contributed by atoms with Crippen molar-refractivity contribution in [2.45, 2.75) is 13.0 Å². The van der Waals surface area contributed by atoms with E-state index < -0.39 is 17.9 Å². The predicted octanol–water partition coefficient (Wildman–Crippen LogP) is 4.39. The van der Waals surface area contributed by atoms with Gasteiger partial charge in [-0.15, -0.1) is 11.3 Å². The summed E-state index contributed by atoms with van der Waals surface area (Å²) < 4.78 is 5.16. The number of anilines is 1. The maximum atomic E-state index is 12.9. The van der Waals surface area contributed by atoms with Crippen LogP contribution in [0.25, 0.3) is 11.3 Å². The van der Waals surface area contributed by atoms with E-state index >= 15 is 0 Å². The summed E-state index contributed by atoms with van der Waals surface area (Å²) in [5.41, 5.74) is 2.22. The van der Waals surface area contributed by atoms with E-state index in [1.165, 1.54) is 28.5 Å². The highest BCUT2D eigenvalue weighted by molar-refractivity contribution is 7.14. The van der Waals surface area contributed by atoms with Crippen LogP contribution in [0.2, 0.25) is 0 Å². The number of hydrogen-bond acceptors (Lipinski definition) is 8. The summed E-state index contributed by atoms with van der Waals surface area (Å²) in [6, 6.07) is 12.7. The van der Waals surface area contributed by atoms with Gasteiger partial charge in [0.05, 0.1) is 29.8 Å². The van der Waals surface area contributed by atoms with Gasteiger partial charge in [0.1, 0.15) is 5.75 Å².